The largest absolute Gasteiger partial charge is 0.464 e. The molecule has 1 aliphatic heterocycles. The molecule has 112 valence electrons. The van der Waals surface area contributed by atoms with Gasteiger partial charge in [0.15, 0.2) is 0 Å². The van der Waals surface area contributed by atoms with Crippen molar-refractivity contribution in [3.05, 3.63) is 0 Å². The van der Waals surface area contributed by atoms with Crippen molar-refractivity contribution in [3.8, 4) is 0 Å². The maximum Gasteiger partial charge on any atom is 0.464 e. The zero-order chi connectivity index (χ0) is 14.6. The topological polar surface area (TPSA) is 18.5 Å². The lowest BCUT2D eigenvalue weighted by molar-refractivity contribution is -0.226. The Morgan fingerprint density at radius 3 is 1.85 bits per heavy atom. The van der Waals surface area contributed by atoms with Crippen molar-refractivity contribution in [2.45, 2.75) is 83.7 Å². The van der Waals surface area contributed by atoms with Gasteiger partial charge in [0.05, 0.1) is 11.2 Å². The minimum atomic E-state index is -0.174. The molecular weight excluding hydrogens is 247 g/mol. The molecule has 20 heavy (non-hydrogen) atoms. The Bertz CT molecular complexity index is 428. The molecule has 4 aliphatic carbocycles. The van der Waals surface area contributed by atoms with Gasteiger partial charge in [-0.15, -0.1) is 0 Å². The second kappa shape index (κ2) is 3.48. The van der Waals surface area contributed by atoms with Crippen molar-refractivity contribution in [1.29, 1.82) is 0 Å². The Morgan fingerprint density at radius 1 is 0.950 bits per heavy atom. The molecule has 1 heterocycles. The number of rotatable bonds is 3. The lowest BCUT2D eigenvalue weighted by Crippen LogP contribution is -2.73. The third-order valence-electron chi connectivity index (χ3n) is 7.52. The highest BCUT2D eigenvalue weighted by Crippen LogP contribution is 2.89. The molecule has 0 aromatic heterocycles. The quantitative estimate of drug-likeness (QED) is 0.716. The van der Waals surface area contributed by atoms with E-state index < -0.39 is 0 Å². The van der Waals surface area contributed by atoms with Gasteiger partial charge in [-0.2, -0.15) is 0 Å². The van der Waals surface area contributed by atoms with Crippen LogP contribution in [0.15, 0.2) is 0 Å². The van der Waals surface area contributed by atoms with E-state index in [1.54, 1.807) is 0 Å². The fourth-order valence-electron chi connectivity index (χ4n) is 5.45. The van der Waals surface area contributed by atoms with E-state index in [1.807, 2.05) is 0 Å². The number of hydrogen-bond acceptors (Lipinski definition) is 2. The van der Waals surface area contributed by atoms with Crippen molar-refractivity contribution < 1.29 is 9.31 Å². The molecule has 0 spiro atoms. The van der Waals surface area contributed by atoms with Crippen LogP contribution in [0, 0.1) is 23.2 Å². The van der Waals surface area contributed by atoms with E-state index in [9.17, 15) is 0 Å². The molecule has 0 radical (unpaired) electrons. The molecule has 5 rings (SSSR count). The van der Waals surface area contributed by atoms with E-state index >= 15 is 0 Å². The summed E-state index contributed by atoms with van der Waals surface area (Å²) in [6.07, 6.45) is 5.58. The third-order valence-corrected chi connectivity index (χ3v) is 7.52. The van der Waals surface area contributed by atoms with Gasteiger partial charge in [0.2, 0.25) is 0 Å². The van der Waals surface area contributed by atoms with Crippen LogP contribution in [0.4, 0.5) is 0 Å². The van der Waals surface area contributed by atoms with E-state index in [2.05, 4.69) is 41.5 Å². The summed E-state index contributed by atoms with van der Waals surface area (Å²) in [5.74, 6) is 2.67. The monoisotopic (exact) mass is 276 g/mol. The molecular formula is C17H29BO2. The predicted octanol–water partition coefficient (Wildman–Crippen LogP) is 4.30. The van der Waals surface area contributed by atoms with Crippen LogP contribution < -0.4 is 0 Å². The highest BCUT2D eigenvalue weighted by molar-refractivity contribution is 6.51. The first-order valence-electron chi connectivity index (χ1n) is 8.50. The molecule has 0 aromatic rings. The van der Waals surface area contributed by atoms with E-state index in [0.29, 0.717) is 10.7 Å². The second-order valence-electron chi connectivity index (χ2n) is 9.38. The van der Waals surface area contributed by atoms with Crippen molar-refractivity contribution >= 4 is 7.12 Å². The van der Waals surface area contributed by atoms with Crippen molar-refractivity contribution in [2.75, 3.05) is 0 Å². The van der Waals surface area contributed by atoms with Gasteiger partial charge >= 0.3 is 7.12 Å². The Labute approximate surface area is 124 Å². The molecule has 1 atom stereocenters. The second-order valence-corrected chi connectivity index (χ2v) is 9.38. The Kier molecular flexibility index (Phi) is 2.37. The first kappa shape index (κ1) is 13.6. The minimum Gasteiger partial charge on any atom is -0.403 e. The molecule has 3 heteroatoms. The summed E-state index contributed by atoms with van der Waals surface area (Å²) in [7, 11) is 0.0405. The van der Waals surface area contributed by atoms with Crippen LogP contribution in [-0.2, 0) is 9.31 Å². The normalized spacial score (nSPS) is 48.1. The lowest BCUT2D eigenvalue weighted by atomic mass is 9.17. The summed E-state index contributed by atoms with van der Waals surface area (Å²) in [6, 6.07) is 0. The van der Waals surface area contributed by atoms with Gasteiger partial charge in [-0.25, -0.2) is 0 Å². The van der Waals surface area contributed by atoms with E-state index in [4.69, 9.17) is 9.31 Å². The summed E-state index contributed by atoms with van der Waals surface area (Å²) in [5.41, 5.74) is 0.281. The maximum absolute atomic E-state index is 6.42. The van der Waals surface area contributed by atoms with Gasteiger partial charge in [0.25, 0.3) is 0 Å². The van der Waals surface area contributed by atoms with Crippen LogP contribution in [0.3, 0.4) is 0 Å². The smallest absolute Gasteiger partial charge is 0.403 e. The van der Waals surface area contributed by atoms with Gasteiger partial charge in [0.1, 0.15) is 0 Å². The highest BCUT2D eigenvalue weighted by atomic mass is 16.7. The van der Waals surface area contributed by atoms with Crippen LogP contribution in [0.5, 0.6) is 0 Å². The molecule has 5 aliphatic rings. The van der Waals surface area contributed by atoms with Crippen LogP contribution >= 0.6 is 0 Å². The fourth-order valence-corrected chi connectivity index (χ4v) is 5.45. The maximum atomic E-state index is 6.42. The van der Waals surface area contributed by atoms with Gasteiger partial charge in [-0.05, 0) is 76.5 Å². The zero-order valence-corrected chi connectivity index (χ0v) is 14.0. The first-order valence-corrected chi connectivity index (χ1v) is 8.50. The zero-order valence-electron chi connectivity index (χ0n) is 14.0. The molecule has 4 saturated carbocycles. The van der Waals surface area contributed by atoms with Gasteiger partial charge in [-0.1, -0.05) is 13.8 Å². The Balaban J connectivity index is 1.59. The molecule has 5 fully saturated rings. The molecule has 2 bridgehead atoms. The van der Waals surface area contributed by atoms with E-state index in [1.165, 1.54) is 25.7 Å². The molecule has 0 aromatic carbocycles. The van der Waals surface area contributed by atoms with Crippen molar-refractivity contribution in [2.24, 2.45) is 23.2 Å². The lowest BCUT2D eigenvalue weighted by Gasteiger charge is -2.79. The molecule has 1 unspecified atom stereocenters. The third kappa shape index (κ3) is 1.35. The fraction of sp³-hybridized carbons (Fsp3) is 1.00. The van der Waals surface area contributed by atoms with Crippen LogP contribution in [0.25, 0.3) is 0 Å². The summed E-state index contributed by atoms with van der Waals surface area (Å²) in [6.45, 7) is 13.6. The Morgan fingerprint density at radius 2 is 1.45 bits per heavy atom. The number of hydrogen-bond donors (Lipinski definition) is 0. The molecule has 1 saturated heterocycles. The van der Waals surface area contributed by atoms with Crippen LogP contribution in [-0.4, -0.2) is 18.3 Å². The van der Waals surface area contributed by atoms with Crippen LogP contribution in [0.1, 0.15) is 67.2 Å². The van der Waals surface area contributed by atoms with Crippen molar-refractivity contribution in [1.82, 2.24) is 0 Å². The minimum absolute atomic E-state index is 0.0405. The summed E-state index contributed by atoms with van der Waals surface area (Å²) in [4.78, 5) is 0. The highest BCUT2D eigenvalue weighted by Gasteiger charge is 2.84. The average molecular weight is 276 g/mol. The van der Waals surface area contributed by atoms with E-state index in [-0.39, 0.29) is 18.3 Å². The predicted molar refractivity (Wildman–Crippen MR) is 81.5 cm³/mol. The average Bonchev–Trinajstić information content (AvgIpc) is 2.91. The van der Waals surface area contributed by atoms with Crippen molar-refractivity contribution in [3.63, 3.8) is 0 Å². The SMILES string of the molecule is CC(C)C12CC(B3OC(C)(C)C(C)(C)O3)(C1)C2C1CC1. The Hall–Kier alpha value is -0.0151. The standard InChI is InChI=1S/C17H29BO2/c1-11(2)16-9-17(10-16,13(16)12-7-8-12)18-19-14(3,4)15(5,6)20-18/h11-13H,7-10H2,1-6H3. The first-order chi connectivity index (χ1) is 9.15. The van der Waals surface area contributed by atoms with E-state index in [0.717, 1.165) is 17.8 Å². The molecule has 0 N–H and O–H groups in total. The summed E-state index contributed by atoms with van der Waals surface area (Å²) >= 11 is 0. The van der Waals surface area contributed by atoms with Crippen LogP contribution in [0.2, 0.25) is 5.31 Å². The van der Waals surface area contributed by atoms with Gasteiger partial charge in [0, 0.05) is 5.31 Å². The van der Waals surface area contributed by atoms with Gasteiger partial charge in [-0.3, -0.25) is 0 Å². The molecule has 2 nitrogen and oxygen atoms in total. The summed E-state index contributed by atoms with van der Waals surface area (Å²) < 4.78 is 12.8. The van der Waals surface area contributed by atoms with Gasteiger partial charge < -0.3 is 9.31 Å². The molecule has 0 amide bonds. The summed E-state index contributed by atoms with van der Waals surface area (Å²) in [5, 5.41) is 0.358.